The van der Waals surface area contributed by atoms with Gasteiger partial charge in [-0.25, -0.2) is 8.42 Å². The van der Waals surface area contributed by atoms with Crippen molar-refractivity contribution in [1.82, 2.24) is 10.2 Å². The first-order valence-electron chi connectivity index (χ1n) is 14.4. The summed E-state index contributed by atoms with van der Waals surface area (Å²) in [5.41, 5.74) is 4.76. The molecule has 0 aromatic heterocycles. The molecule has 2 amide bonds. The molecule has 0 aliphatic heterocycles. The largest absolute Gasteiger partial charge is 0.355 e. The highest BCUT2D eigenvalue weighted by atomic mass is 32.2. The first-order chi connectivity index (χ1) is 20.6. The number of hydrogen-bond acceptors (Lipinski definition) is 4. The smallest absolute Gasteiger partial charge is 0.264 e. The molecule has 4 aromatic carbocycles. The zero-order valence-corrected chi connectivity index (χ0v) is 26.0. The van der Waals surface area contributed by atoms with E-state index in [4.69, 9.17) is 0 Å². The lowest BCUT2D eigenvalue weighted by Crippen LogP contribution is -2.53. The maximum atomic E-state index is 14.4. The number of nitrogens with zero attached hydrogens (tertiary/aromatic N) is 2. The van der Waals surface area contributed by atoms with Gasteiger partial charge in [0.1, 0.15) is 12.6 Å². The Morgan fingerprint density at radius 2 is 1.35 bits per heavy atom. The van der Waals surface area contributed by atoms with Crippen LogP contribution in [-0.2, 0) is 32.6 Å². The molecule has 8 heteroatoms. The third kappa shape index (κ3) is 7.90. The molecule has 0 bridgehead atoms. The third-order valence-electron chi connectivity index (χ3n) is 7.33. The minimum absolute atomic E-state index is 0.0880. The van der Waals surface area contributed by atoms with E-state index in [9.17, 15) is 18.0 Å². The van der Waals surface area contributed by atoms with Gasteiger partial charge in [0.15, 0.2) is 0 Å². The average Bonchev–Trinajstić information content (AvgIpc) is 2.99. The second-order valence-corrected chi connectivity index (χ2v) is 12.6. The van der Waals surface area contributed by atoms with Crippen LogP contribution < -0.4 is 9.62 Å². The van der Waals surface area contributed by atoms with Gasteiger partial charge < -0.3 is 10.2 Å². The second kappa shape index (κ2) is 14.2. The van der Waals surface area contributed by atoms with Crippen LogP contribution in [0.4, 0.5) is 5.69 Å². The Balaban J connectivity index is 1.80. The van der Waals surface area contributed by atoms with Gasteiger partial charge in [0.05, 0.1) is 10.6 Å². The van der Waals surface area contributed by atoms with Crippen molar-refractivity contribution in [3.63, 3.8) is 0 Å². The Kier molecular flexibility index (Phi) is 10.4. The van der Waals surface area contributed by atoms with E-state index in [0.717, 1.165) is 27.8 Å². The number of likely N-dealkylation sites (N-methyl/N-ethyl adjacent to an activating group) is 1. The van der Waals surface area contributed by atoms with Gasteiger partial charge in [0, 0.05) is 19.5 Å². The lowest BCUT2D eigenvalue weighted by Gasteiger charge is -2.34. The van der Waals surface area contributed by atoms with Crippen LogP contribution in [0.25, 0.3) is 0 Å². The van der Waals surface area contributed by atoms with Crippen LogP contribution in [0.3, 0.4) is 0 Å². The zero-order chi connectivity index (χ0) is 31.0. The first kappa shape index (κ1) is 31.5. The quantitative estimate of drug-likeness (QED) is 0.231. The van der Waals surface area contributed by atoms with Gasteiger partial charge >= 0.3 is 0 Å². The molecule has 224 valence electrons. The molecular formula is C35H39N3O4S. The lowest BCUT2D eigenvalue weighted by molar-refractivity contribution is -0.140. The summed E-state index contributed by atoms with van der Waals surface area (Å²) in [5, 5.41) is 2.88. The second-order valence-electron chi connectivity index (χ2n) is 10.7. The van der Waals surface area contributed by atoms with Gasteiger partial charge in [-0.05, 0) is 62.6 Å². The van der Waals surface area contributed by atoms with Crippen LogP contribution in [0, 0.1) is 20.8 Å². The average molecular weight is 598 g/mol. The molecule has 0 spiro atoms. The van der Waals surface area contributed by atoms with E-state index < -0.39 is 28.5 Å². The number of amides is 2. The minimum Gasteiger partial charge on any atom is -0.355 e. The van der Waals surface area contributed by atoms with Crippen molar-refractivity contribution < 1.29 is 18.0 Å². The molecule has 4 rings (SSSR count). The van der Waals surface area contributed by atoms with Crippen LogP contribution >= 0.6 is 0 Å². The molecule has 1 atom stereocenters. The van der Waals surface area contributed by atoms with Crippen molar-refractivity contribution in [3.05, 3.63) is 131 Å². The Morgan fingerprint density at radius 3 is 1.93 bits per heavy atom. The topological polar surface area (TPSA) is 86.8 Å². The fourth-order valence-electron chi connectivity index (χ4n) is 5.06. The number of carbonyl (C=O) groups excluding carboxylic acids is 2. The molecule has 1 N–H and O–H groups in total. The van der Waals surface area contributed by atoms with E-state index in [1.807, 2.05) is 100 Å². The molecule has 0 aliphatic rings. The fourth-order valence-corrected chi connectivity index (χ4v) is 6.54. The zero-order valence-electron chi connectivity index (χ0n) is 25.2. The molecule has 0 saturated heterocycles. The van der Waals surface area contributed by atoms with E-state index >= 15 is 0 Å². The van der Waals surface area contributed by atoms with Crippen LogP contribution in [0.15, 0.2) is 108 Å². The van der Waals surface area contributed by atoms with E-state index in [1.54, 1.807) is 30.3 Å². The number of nitrogens with one attached hydrogen (secondary N) is 1. The molecule has 4 aromatic rings. The van der Waals surface area contributed by atoms with Crippen LogP contribution in [0.1, 0.15) is 34.7 Å². The normalized spacial score (nSPS) is 11.9. The van der Waals surface area contributed by atoms with Crippen molar-refractivity contribution in [2.45, 2.75) is 51.6 Å². The molecule has 0 aliphatic carbocycles. The van der Waals surface area contributed by atoms with E-state index in [2.05, 4.69) is 5.32 Å². The lowest BCUT2D eigenvalue weighted by atomic mass is 10.0. The summed E-state index contributed by atoms with van der Waals surface area (Å²) in [5.74, 6) is -0.776. The standard InChI is InChI=1S/C35H39N3O4S/c1-5-36-35(40)33(23-29-12-8-6-9-13-29)37(24-30-14-10-7-11-15-30)34(39)25-38(32-21-18-27(3)22-28(32)4)43(41,42)31-19-16-26(2)17-20-31/h6-22,33H,5,23-25H2,1-4H3,(H,36,40). The number of benzene rings is 4. The van der Waals surface area contributed by atoms with Crippen molar-refractivity contribution in [2.75, 3.05) is 17.4 Å². The maximum absolute atomic E-state index is 14.4. The molecule has 43 heavy (non-hydrogen) atoms. The number of sulfonamides is 1. The molecule has 0 heterocycles. The van der Waals surface area contributed by atoms with Gasteiger partial charge in [-0.1, -0.05) is 96.1 Å². The Bertz CT molecular complexity index is 1640. The van der Waals surface area contributed by atoms with Crippen molar-refractivity contribution in [3.8, 4) is 0 Å². The highest BCUT2D eigenvalue weighted by Gasteiger charge is 2.35. The van der Waals surface area contributed by atoms with Crippen molar-refractivity contribution in [1.29, 1.82) is 0 Å². The maximum Gasteiger partial charge on any atom is 0.264 e. The summed E-state index contributed by atoms with van der Waals surface area (Å²) in [4.78, 5) is 29.6. The Morgan fingerprint density at radius 1 is 0.767 bits per heavy atom. The summed E-state index contributed by atoms with van der Waals surface area (Å²) >= 11 is 0. The highest BCUT2D eigenvalue weighted by Crippen LogP contribution is 2.28. The van der Waals surface area contributed by atoms with Crippen molar-refractivity contribution >= 4 is 27.5 Å². The first-order valence-corrected chi connectivity index (χ1v) is 15.9. The summed E-state index contributed by atoms with van der Waals surface area (Å²) in [6.45, 7) is 7.54. The van der Waals surface area contributed by atoms with Gasteiger partial charge in [0.25, 0.3) is 10.0 Å². The van der Waals surface area contributed by atoms with Crippen LogP contribution in [0.2, 0.25) is 0 Å². The predicted octanol–water partition coefficient (Wildman–Crippen LogP) is 5.58. The molecule has 7 nitrogen and oxygen atoms in total. The van der Waals surface area contributed by atoms with E-state index in [1.165, 1.54) is 9.21 Å². The monoisotopic (exact) mass is 597 g/mol. The highest BCUT2D eigenvalue weighted by molar-refractivity contribution is 7.92. The van der Waals surface area contributed by atoms with E-state index in [0.29, 0.717) is 12.2 Å². The molecular weight excluding hydrogens is 558 g/mol. The molecule has 0 saturated carbocycles. The minimum atomic E-state index is -4.14. The summed E-state index contributed by atoms with van der Waals surface area (Å²) in [6.07, 6.45) is 0.277. The summed E-state index contributed by atoms with van der Waals surface area (Å²) in [6, 6.07) is 30.1. The fraction of sp³-hybridized carbons (Fsp3) is 0.257. The van der Waals surface area contributed by atoms with Crippen LogP contribution in [0.5, 0.6) is 0 Å². The number of rotatable bonds is 12. The summed E-state index contributed by atoms with van der Waals surface area (Å²) < 4.78 is 29.5. The van der Waals surface area contributed by atoms with Gasteiger partial charge in [-0.15, -0.1) is 0 Å². The summed E-state index contributed by atoms with van der Waals surface area (Å²) in [7, 11) is -4.14. The number of hydrogen-bond donors (Lipinski definition) is 1. The third-order valence-corrected chi connectivity index (χ3v) is 9.10. The number of carbonyl (C=O) groups is 2. The Labute approximate surface area is 255 Å². The number of aryl methyl sites for hydroxylation is 3. The predicted molar refractivity (Wildman–Crippen MR) is 171 cm³/mol. The van der Waals surface area contributed by atoms with Gasteiger partial charge in [-0.2, -0.15) is 0 Å². The van der Waals surface area contributed by atoms with Gasteiger partial charge in [0.2, 0.25) is 11.8 Å². The Hall–Kier alpha value is -4.43. The van der Waals surface area contributed by atoms with Crippen LogP contribution in [-0.4, -0.2) is 44.3 Å². The molecule has 0 radical (unpaired) electrons. The SMILES string of the molecule is CCNC(=O)C(Cc1ccccc1)N(Cc1ccccc1)C(=O)CN(c1ccc(C)cc1C)S(=O)(=O)c1ccc(C)cc1. The molecule has 0 fully saturated rings. The van der Waals surface area contributed by atoms with Gasteiger partial charge in [-0.3, -0.25) is 13.9 Å². The van der Waals surface area contributed by atoms with Crippen molar-refractivity contribution in [2.24, 2.45) is 0 Å². The van der Waals surface area contributed by atoms with E-state index in [-0.39, 0.29) is 23.8 Å². The number of anilines is 1. The molecule has 1 unspecified atom stereocenters.